The molecule has 4 fully saturated rings. The lowest BCUT2D eigenvalue weighted by atomic mass is 9.73. The molecule has 1 N–H and O–H groups in total. The average Bonchev–Trinajstić information content (AvgIpc) is 3.59. The predicted molar refractivity (Wildman–Crippen MR) is 201 cm³/mol. The monoisotopic (exact) mass is 706 g/mol. The zero-order valence-electron chi connectivity index (χ0n) is 31.5. The number of imide groups is 1. The summed E-state index contributed by atoms with van der Waals surface area (Å²) >= 11 is 0. The topological polar surface area (TPSA) is 101 Å². The van der Waals surface area contributed by atoms with Crippen molar-refractivity contribution in [1.82, 2.24) is 19.7 Å². The number of nitrogens with one attached hydrogen (secondary N) is 1. The van der Waals surface area contributed by atoms with Crippen LogP contribution in [0.4, 0.5) is 0 Å². The van der Waals surface area contributed by atoms with Gasteiger partial charge in [-0.05, 0) is 125 Å². The number of hydrogen-bond donors (Lipinski definition) is 1. The van der Waals surface area contributed by atoms with E-state index in [0.29, 0.717) is 29.9 Å². The molecule has 0 spiro atoms. The van der Waals surface area contributed by atoms with Gasteiger partial charge in [0.2, 0.25) is 11.8 Å². The van der Waals surface area contributed by atoms with Crippen molar-refractivity contribution in [1.29, 1.82) is 0 Å². The number of hydrogen-bond acceptors (Lipinski definition) is 6. The van der Waals surface area contributed by atoms with Gasteiger partial charge < -0.3 is 19.1 Å². The normalized spacial score (nSPS) is 30.5. The van der Waals surface area contributed by atoms with E-state index in [1.54, 1.807) is 33.0 Å². The Labute approximate surface area is 307 Å². The summed E-state index contributed by atoms with van der Waals surface area (Å²) in [5, 5.41) is 3.76. The van der Waals surface area contributed by atoms with Gasteiger partial charge >= 0.3 is 0 Å². The van der Waals surface area contributed by atoms with Gasteiger partial charge in [-0.15, -0.1) is 0 Å². The van der Waals surface area contributed by atoms with Crippen molar-refractivity contribution in [3.63, 3.8) is 0 Å². The maximum Gasteiger partial charge on any atom is 0.257 e. The minimum Gasteiger partial charge on any atom is -0.497 e. The van der Waals surface area contributed by atoms with Gasteiger partial charge in [0.1, 0.15) is 5.76 Å². The Hall–Kier alpha value is -3.98. The van der Waals surface area contributed by atoms with E-state index in [2.05, 4.69) is 39.9 Å². The lowest BCUT2D eigenvalue weighted by molar-refractivity contribution is -0.137. The molecule has 9 heteroatoms. The van der Waals surface area contributed by atoms with Crippen LogP contribution in [0.15, 0.2) is 53.3 Å². The quantitative estimate of drug-likeness (QED) is 0.331. The highest BCUT2D eigenvalue weighted by Crippen LogP contribution is 2.66. The molecule has 0 bridgehead atoms. The number of aromatic nitrogens is 1. The maximum atomic E-state index is 15.1. The first kappa shape index (κ1) is 35.1. The van der Waals surface area contributed by atoms with E-state index in [9.17, 15) is 14.4 Å². The van der Waals surface area contributed by atoms with Crippen molar-refractivity contribution in [3.8, 4) is 0 Å². The molecule has 1 aromatic carbocycles. The summed E-state index contributed by atoms with van der Waals surface area (Å²) in [4.78, 5) is 57.1. The molecule has 4 aliphatic carbocycles. The molecule has 3 heterocycles. The number of ketones is 1. The van der Waals surface area contributed by atoms with Gasteiger partial charge in [-0.25, -0.2) is 0 Å². The smallest absolute Gasteiger partial charge is 0.257 e. The molecule has 8 rings (SSSR count). The molecule has 3 saturated carbocycles. The molecule has 0 radical (unpaired) electrons. The molecule has 52 heavy (non-hydrogen) atoms. The summed E-state index contributed by atoms with van der Waals surface area (Å²) in [7, 11) is 5.35. The Balaban J connectivity index is 1.23. The van der Waals surface area contributed by atoms with Gasteiger partial charge in [0.25, 0.3) is 5.91 Å². The summed E-state index contributed by atoms with van der Waals surface area (Å²) in [5.41, 5.74) is 6.11. The number of ether oxygens (including phenoxy) is 1. The van der Waals surface area contributed by atoms with Gasteiger partial charge in [-0.2, -0.15) is 0 Å². The summed E-state index contributed by atoms with van der Waals surface area (Å²) in [6.07, 6.45) is 15.9. The van der Waals surface area contributed by atoms with E-state index in [0.717, 1.165) is 62.9 Å². The van der Waals surface area contributed by atoms with Crippen LogP contribution in [-0.4, -0.2) is 78.7 Å². The van der Waals surface area contributed by atoms with E-state index in [1.807, 2.05) is 18.2 Å². The molecular weight excluding hydrogens is 652 g/mol. The third-order valence-electron chi connectivity index (χ3n) is 13.3. The fourth-order valence-corrected chi connectivity index (χ4v) is 10.9. The van der Waals surface area contributed by atoms with Crippen LogP contribution in [0.25, 0.3) is 10.9 Å². The number of likely N-dealkylation sites (N-methyl/N-ethyl adjacent to an activating group) is 1. The third-order valence-corrected chi connectivity index (χ3v) is 13.3. The number of rotatable bonds is 7. The van der Waals surface area contributed by atoms with Crippen LogP contribution >= 0.6 is 0 Å². The number of nitrogens with zero attached hydrogens (tertiary/aromatic N) is 3. The highest BCUT2D eigenvalue weighted by molar-refractivity contribution is 6.07. The number of benzene rings is 1. The molecule has 6 aliphatic rings. The van der Waals surface area contributed by atoms with Crippen molar-refractivity contribution in [2.75, 3.05) is 40.8 Å². The number of fused-ring (bicyclic) bond motifs is 8. The average molecular weight is 707 g/mol. The third kappa shape index (κ3) is 6.06. The van der Waals surface area contributed by atoms with E-state index < -0.39 is 11.3 Å². The fourth-order valence-electron chi connectivity index (χ4n) is 10.9. The lowest BCUT2D eigenvalue weighted by Gasteiger charge is -2.32. The van der Waals surface area contributed by atoms with Gasteiger partial charge in [-0.3, -0.25) is 24.5 Å². The Morgan fingerprint density at radius 2 is 1.83 bits per heavy atom. The van der Waals surface area contributed by atoms with Gasteiger partial charge in [0.15, 0.2) is 5.78 Å². The number of amides is 3. The summed E-state index contributed by atoms with van der Waals surface area (Å²) in [6.45, 7) is 6.14. The minimum atomic E-state index is -0.577. The molecule has 2 aromatic rings. The maximum absolute atomic E-state index is 15.1. The number of carbonyl (C=O) groups is 4. The lowest BCUT2D eigenvalue weighted by Crippen LogP contribution is -2.39. The van der Waals surface area contributed by atoms with Crippen LogP contribution in [0.2, 0.25) is 0 Å². The van der Waals surface area contributed by atoms with E-state index in [4.69, 9.17) is 4.74 Å². The summed E-state index contributed by atoms with van der Waals surface area (Å²) < 4.78 is 8.33. The van der Waals surface area contributed by atoms with Crippen molar-refractivity contribution in [3.05, 3.63) is 70.2 Å². The summed E-state index contributed by atoms with van der Waals surface area (Å²) in [5.74, 6) is 2.15. The number of methoxy groups -OCH3 is 1. The Morgan fingerprint density at radius 1 is 1.06 bits per heavy atom. The van der Waals surface area contributed by atoms with Gasteiger partial charge in [-0.1, -0.05) is 43.4 Å². The molecule has 3 amide bonds. The van der Waals surface area contributed by atoms with Crippen LogP contribution in [0, 0.1) is 29.1 Å². The molecule has 2 aliphatic heterocycles. The second-order valence-electron chi connectivity index (χ2n) is 17.1. The Kier molecular flexibility index (Phi) is 9.08. The molecule has 1 saturated heterocycles. The van der Waals surface area contributed by atoms with Crippen LogP contribution in [0.3, 0.4) is 0 Å². The first-order valence-electron chi connectivity index (χ1n) is 19.6. The van der Waals surface area contributed by atoms with Gasteiger partial charge in [0.05, 0.1) is 19.1 Å². The van der Waals surface area contributed by atoms with Crippen molar-refractivity contribution in [2.24, 2.45) is 29.1 Å². The Bertz CT molecular complexity index is 1930. The minimum absolute atomic E-state index is 0.102. The fraction of sp³-hybridized carbons (Fsp3) is 0.581. The molecule has 276 valence electrons. The zero-order valence-corrected chi connectivity index (χ0v) is 31.5. The van der Waals surface area contributed by atoms with E-state index in [-0.39, 0.29) is 41.9 Å². The molecule has 6 unspecified atom stereocenters. The second kappa shape index (κ2) is 13.5. The van der Waals surface area contributed by atoms with Crippen molar-refractivity contribution in [2.45, 2.75) is 90.0 Å². The van der Waals surface area contributed by atoms with E-state index in [1.165, 1.54) is 47.1 Å². The Morgan fingerprint density at radius 3 is 2.56 bits per heavy atom. The largest absolute Gasteiger partial charge is 0.497 e. The van der Waals surface area contributed by atoms with Crippen LogP contribution in [0.1, 0.15) is 105 Å². The highest BCUT2D eigenvalue weighted by Gasteiger charge is 2.66. The molecular formula is C43H54N4O5. The van der Waals surface area contributed by atoms with Crippen molar-refractivity contribution < 1.29 is 23.9 Å². The standard InChI is InChI=1S/C43H54N4O5/c1-25-15-32(52-5)19-34-35-20-43(35,42(51)46-21-30-12-11-27(16-26(2)48)17-31(30)22-46)24-47-36-18-29(41(50)44-37(49)23-45(3)4)13-14-33(36)39(40(47)38(25)34)28-9-7-6-8-10-28/h13-16,18-19,25,28,30-31,35,38H,6-12,17,20-24H2,1-5H3,(H,44,49,50)/b27-16-. The molecule has 9 nitrogen and oxygen atoms in total. The molecule has 6 atom stereocenters. The van der Waals surface area contributed by atoms with Gasteiger partial charge in [0, 0.05) is 47.7 Å². The van der Waals surface area contributed by atoms with Crippen LogP contribution in [-0.2, 0) is 25.7 Å². The van der Waals surface area contributed by atoms with Crippen LogP contribution in [0.5, 0.6) is 0 Å². The van der Waals surface area contributed by atoms with E-state index >= 15 is 4.79 Å². The number of allylic oxidation sites excluding steroid dienone is 5. The van der Waals surface area contributed by atoms with Crippen molar-refractivity contribution >= 4 is 34.4 Å². The first-order valence-corrected chi connectivity index (χ1v) is 19.6. The second-order valence-corrected chi connectivity index (χ2v) is 17.1. The predicted octanol–water partition coefficient (Wildman–Crippen LogP) is 6.49. The number of likely N-dealkylation sites (tertiary alicyclic amines) is 1. The van der Waals surface area contributed by atoms with Crippen LogP contribution < -0.4 is 5.32 Å². The summed E-state index contributed by atoms with van der Waals surface area (Å²) in [6, 6.07) is 5.96. The molecule has 1 aromatic heterocycles. The SMILES string of the molecule is COC1=CC(C)C2C(=C1)C1CC1(C(=O)N1CC3CC/C(=C/C(C)=O)CC3C1)Cn1c2c(C2CCCCC2)c2ccc(C(=O)NC(=O)CN(C)C)cc21. The zero-order chi connectivity index (χ0) is 36.5. The highest BCUT2D eigenvalue weighted by atomic mass is 16.5. The first-order chi connectivity index (χ1) is 25.0. The number of carbonyl (C=O) groups excluding carboxylic acids is 4.